The van der Waals surface area contributed by atoms with Crippen molar-refractivity contribution in [3.05, 3.63) is 29.8 Å². The Kier molecular flexibility index (Phi) is 5.93. The smallest absolute Gasteiger partial charge is 0.406 e. The second-order valence-electron chi connectivity index (χ2n) is 5.84. The number of hydrogen-bond donors (Lipinski definition) is 1. The topological polar surface area (TPSA) is 50.8 Å². The Morgan fingerprint density at radius 1 is 1.42 bits per heavy atom. The van der Waals surface area contributed by atoms with Crippen LogP contribution >= 0.6 is 0 Å². The van der Waals surface area contributed by atoms with Gasteiger partial charge in [-0.15, -0.1) is 13.2 Å². The first-order valence-electron chi connectivity index (χ1n) is 7.72. The van der Waals surface area contributed by atoms with Crippen LogP contribution in [-0.2, 0) is 11.3 Å². The van der Waals surface area contributed by atoms with Crippen LogP contribution in [0, 0.1) is 0 Å². The summed E-state index contributed by atoms with van der Waals surface area (Å²) in [5.74, 6) is -0.287. The number of benzene rings is 1. The van der Waals surface area contributed by atoms with Crippen LogP contribution in [-0.4, -0.2) is 43.1 Å². The van der Waals surface area contributed by atoms with Gasteiger partial charge < -0.3 is 19.7 Å². The molecule has 1 aromatic rings. The van der Waals surface area contributed by atoms with E-state index < -0.39 is 6.36 Å². The number of nitrogens with zero attached hydrogens (tertiary/aromatic N) is 1. The average molecular weight is 346 g/mol. The lowest BCUT2D eigenvalue weighted by atomic mass is 10.1. The Labute approximate surface area is 138 Å². The largest absolute Gasteiger partial charge is 0.573 e. The maximum Gasteiger partial charge on any atom is 0.573 e. The van der Waals surface area contributed by atoms with Gasteiger partial charge in [-0.1, -0.05) is 12.1 Å². The second-order valence-corrected chi connectivity index (χ2v) is 5.84. The Balaban J connectivity index is 1.84. The zero-order valence-corrected chi connectivity index (χ0v) is 13.6. The van der Waals surface area contributed by atoms with E-state index >= 15 is 0 Å². The molecule has 8 heteroatoms. The lowest BCUT2D eigenvalue weighted by Gasteiger charge is -2.24. The maximum absolute atomic E-state index is 12.2. The molecule has 1 heterocycles. The summed E-state index contributed by atoms with van der Waals surface area (Å²) < 4.78 is 45.7. The van der Waals surface area contributed by atoms with E-state index in [4.69, 9.17) is 4.74 Å². The number of halogens is 3. The van der Waals surface area contributed by atoms with Gasteiger partial charge in [-0.05, 0) is 37.5 Å². The van der Waals surface area contributed by atoms with Gasteiger partial charge in [-0.3, -0.25) is 0 Å². The Morgan fingerprint density at radius 3 is 2.62 bits per heavy atom. The molecule has 2 amide bonds. The molecule has 134 valence electrons. The number of alkyl halides is 3. The summed E-state index contributed by atoms with van der Waals surface area (Å²) in [7, 11) is 1.62. The summed E-state index contributed by atoms with van der Waals surface area (Å²) >= 11 is 0. The second kappa shape index (κ2) is 7.74. The predicted octanol–water partition coefficient (Wildman–Crippen LogP) is 3.29. The minimum Gasteiger partial charge on any atom is -0.406 e. The van der Waals surface area contributed by atoms with Crippen molar-refractivity contribution in [2.75, 3.05) is 13.7 Å². The summed E-state index contributed by atoms with van der Waals surface area (Å²) in [6, 6.07) is 5.09. The molecule has 0 bridgehead atoms. The number of urea groups is 1. The number of nitrogens with one attached hydrogen (secondary N) is 1. The summed E-state index contributed by atoms with van der Waals surface area (Å²) in [5.41, 5.74) is 0.701. The molecule has 1 N–H and O–H groups in total. The Hall–Kier alpha value is -1.96. The minimum atomic E-state index is -4.71. The van der Waals surface area contributed by atoms with Crippen LogP contribution < -0.4 is 10.1 Å². The van der Waals surface area contributed by atoms with Crippen molar-refractivity contribution >= 4 is 6.03 Å². The van der Waals surface area contributed by atoms with Crippen molar-refractivity contribution in [2.24, 2.45) is 0 Å². The fourth-order valence-corrected chi connectivity index (χ4v) is 2.54. The van der Waals surface area contributed by atoms with Gasteiger partial charge in [0, 0.05) is 20.2 Å². The summed E-state index contributed by atoms with van der Waals surface area (Å²) in [6.45, 7) is 2.88. The molecule has 0 aliphatic carbocycles. The quantitative estimate of drug-likeness (QED) is 0.890. The van der Waals surface area contributed by atoms with Crippen molar-refractivity contribution in [3.63, 3.8) is 0 Å². The van der Waals surface area contributed by atoms with E-state index in [1.54, 1.807) is 7.05 Å². The van der Waals surface area contributed by atoms with Crippen LogP contribution in [0.4, 0.5) is 18.0 Å². The molecule has 1 aliphatic heterocycles. The molecule has 24 heavy (non-hydrogen) atoms. The molecule has 1 fully saturated rings. The lowest BCUT2D eigenvalue weighted by Crippen LogP contribution is -2.46. The Morgan fingerprint density at radius 2 is 2.08 bits per heavy atom. The Bertz CT molecular complexity index is 542. The fourth-order valence-electron chi connectivity index (χ4n) is 2.54. The molecule has 1 aromatic carbocycles. The first kappa shape index (κ1) is 18.4. The molecule has 0 saturated carbocycles. The molecule has 0 radical (unpaired) electrons. The van der Waals surface area contributed by atoms with E-state index in [1.807, 2.05) is 6.92 Å². The third-order valence-corrected chi connectivity index (χ3v) is 3.80. The molecule has 2 atom stereocenters. The highest BCUT2D eigenvalue weighted by atomic mass is 19.4. The number of hydrogen-bond acceptors (Lipinski definition) is 3. The van der Waals surface area contributed by atoms with Crippen LogP contribution in [0.5, 0.6) is 5.75 Å². The van der Waals surface area contributed by atoms with E-state index in [1.165, 1.54) is 29.2 Å². The van der Waals surface area contributed by atoms with Gasteiger partial charge in [0.2, 0.25) is 0 Å². The monoisotopic (exact) mass is 346 g/mol. The van der Waals surface area contributed by atoms with Gasteiger partial charge in [0.25, 0.3) is 0 Å². The molecule has 1 aliphatic rings. The number of rotatable bonds is 5. The average Bonchev–Trinajstić information content (AvgIpc) is 3.02. The SMILES string of the molecule is C[C@@H](NC(=O)N(C)Cc1ccc(OC(F)(F)F)cc1)[C@H]1CCCO1. The van der Waals surface area contributed by atoms with Crippen LogP contribution in [0.1, 0.15) is 25.3 Å². The highest BCUT2D eigenvalue weighted by Crippen LogP contribution is 2.23. The first-order chi connectivity index (χ1) is 11.2. The molecule has 1 saturated heterocycles. The third kappa shape index (κ3) is 5.59. The maximum atomic E-state index is 12.2. The van der Waals surface area contributed by atoms with Crippen molar-refractivity contribution in [3.8, 4) is 5.75 Å². The molecule has 0 spiro atoms. The van der Waals surface area contributed by atoms with Gasteiger partial charge in [0.05, 0.1) is 12.1 Å². The molecular formula is C16H21F3N2O3. The van der Waals surface area contributed by atoms with Crippen molar-refractivity contribution in [1.82, 2.24) is 10.2 Å². The fraction of sp³-hybridized carbons (Fsp3) is 0.562. The molecular weight excluding hydrogens is 325 g/mol. The van der Waals surface area contributed by atoms with E-state index in [0.717, 1.165) is 12.8 Å². The number of ether oxygens (including phenoxy) is 2. The van der Waals surface area contributed by atoms with E-state index in [9.17, 15) is 18.0 Å². The van der Waals surface area contributed by atoms with E-state index in [0.29, 0.717) is 12.2 Å². The summed E-state index contributed by atoms with van der Waals surface area (Å²) in [6.07, 6.45) is -2.77. The van der Waals surface area contributed by atoms with Gasteiger partial charge >= 0.3 is 12.4 Å². The van der Waals surface area contributed by atoms with Gasteiger partial charge in [0.15, 0.2) is 0 Å². The third-order valence-electron chi connectivity index (χ3n) is 3.80. The zero-order valence-electron chi connectivity index (χ0n) is 13.6. The highest BCUT2D eigenvalue weighted by Gasteiger charge is 2.31. The predicted molar refractivity (Wildman–Crippen MR) is 81.6 cm³/mol. The van der Waals surface area contributed by atoms with E-state index in [-0.39, 0.29) is 30.5 Å². The molecule has 5 nitrogen and oxygen atoms in total. The molecule has 0 aromatic heterocycles. The van der Waals surface area contributed by atoms with Gasteiger partial charge in [0.1, 0.15) is 5.75 Å². The van der Waals surface area contributed by atoms with Crippen LogP contribution in [0.3, 0.4) is 0 Å². The molecule has 0 unspecified atom stereocenters. The van der Waals surface area contributed by atoms with E-state index in [2.05, 4.69) is 10.1 Å². The van der Waals surface area contributed by atoms with Crippen LogP contribution in [0.25, 0.3) is 0 Å². The zero-order chi connectivity index (χ0) is 17.7. The van der Waals surface area contributed by atoms with Gasteiger partial charge in [-0.25, -0.2) is 4.79 Å². The summed E-state index contributed by atoms with van der Waals surface area (Å²) in [5, 5.41) is 2.87. The van der Waals surface area contributed by atoms with Crippen molar-refractivity contribution in [1.29, 1.82) is 0 Å². The number of carbonyl (C=O) groups excluding carboxylic acids is 1. The lowest BCUT2D eigenvalue weighted by molar-refractivity contribution is -0.274. The van der Waals surface area contributed by atoms with Gasteiger partial charge in [-0.2, -0.15) is 0 Å². The molecule has 2 rings (SSSR count). The highest BCUT2D eigenvalue weighted by molar-refractivity contribution is 5.74. The first-order valence-corrected chi connectivity index (χ1v) is 7.72. The number of carbonyl (C=O) groups is 1. The standard InChI is InChI=1S/C16H21F3N2O3/c1-11(14-4-3-9-23-14)20-15(22)21(2)10-12-5-7-13(8-6-12)24-16(17,18)19/h5-8,11,14H,3-4,9-10H2,1-2H3,(H,20,22)/t11-,14-/m1/s1. The van der Waals surface area contributed by atoms with Crippen LogP contribution in [0.15, 0.2) is 24.3 Å². The normalized spacial score (nSPS) is 19.0. The minimum absolute atomic E-state index is 0.0288. The summed E-state index contributed by atoms with van der Waals surface area (Å²) in [4.78, 5) is 13.6. The number of amides is 2. The van der Waals surface area contributed by atoms with Crippen molar-refractivity contribution in [2.45, 2.75) is 44.8 Å². The van der Waals surface area contributed by atoms with Crippen LogP contribution in [0.2, 0.25) is 0 Å². The van der Waals surface area contributed by atoms with Crippen molar-refractivity contribution < 1.29 is 27.4 Å².